The average Bonchev–Trinajstić information content (AvgIpc) is 3.25. The molecule has 15 heteroatoms. The van der Waals surface area contributed by atoms with E-state index in [0.29, 0.717) is 12.8 Å². The number of allylic oxidation sites excluding steroid dienone is 18. The van der Waals surface area contributed by atoms with E-state index >= 15 is 0 Å². The Labute approximate surface area is 375 Å². The number of carbonyl (C=O) groups is 3. The molecule has 0 saturated heterocycles. The quantitative estimate of drug-likeness (QED) is 0.0112. The zero-order chi connectivity index (χ0) is 46.8. The van der Waals surface area contributed by atoms with E-state index < -0.39 is 76.0 Å². The highest BCUT2D eigenvalue weighted by Gasteiger charge is 2.28. The number of esters is 2. The Morgan fingerprint density at radius 1 is 0.619 bits per heavy atom. The molecule has 0 bridgehead atoms. The highest BCUT2D eigenvalue weighted by Crippen LogP contribution is 2.43. The Bertz CT molecular complexity index is 1580. The fourth-order valence-electron chi connectivity index (χ4n) is 5.00. The van der Waals surface area contributed by atoms with Crippen LogP contribution in [0.2, 0.25) is 0 Å². The second-order valence-electron chi connectivity index (χ2n) is 14.3. The first-order valence-electron chi connectivity index (χ1n) is 21.9. The molecule has 0 fully saturated rings. The molecule has 0 saturated carbocycles. The molecule has 0 heterocycles. The predicted molar refractivity (Wildman–Crippen MR) is 248 cm³/mol. The number of aliphatic carboxylic acids is 1. The van der Waals surface area contributed by atoms with Crippen molar-refractivity contribution in [3.63, 3.8) is 0 Å². The SMILES string of the molecule is CC/C=C\C/C=C\C/C=C\C/C=C\C/C=C\C/C=C\CCC(=O)OC[C@H](COP(=O)(O)OC[C@H](N)C(=O)O)OC(=O)CCC[C@H](O)[C@@H](O)/C=C/C=C/C=C\C=C\[C@@H](O)CCCCC. The molecule has 0 aromatic carbocycles. The topological polar surface area (TPSA) is 232 Å². The van der Waals surface area contributed by atoms with E-state index in [0.717, 1.165) is 57.8 Å². The minimum absolute atomic E-state index is 0.0150. The number of phosphoric acid groups is 1. The van der Waals surface area contributed by atoms with E-state index in [-0.39, 0.29) is 25.7 Å². The maximum absolute atomic E-state index is 12.7. The third kappa shape index (κ3) is 39.1. The van der Waals surface area contributed by atoms with Gasteiger partial charge in [-0.15, -0.1) is 0 Å². The smallest absolute Gasteiger partial charge is 0.472 e. The largest absolute Gasteiger partial charge is 0.480 e. The molecule has 14 nitrogen and oxygen atoms in total. The number of carboxylic acid groups (broad SMARTS) is 1. The van der Waals surface area contributed by atoms with Crippen LogP contribution in [0.5, 0.6) is 0 Å². The Morgan fingerprint density at radius 2 is 1.14 bits per heavy atom. The number of unbranched alkanes of at least 4 members (excludes halogenated alkanes) is 2. The van der Waals surface area contributed by atoms with Gasteiger partial charge in [0, 0.05) is 12.8 Å². The maximum Gasteiger partial charge on any atom is 0.472 e. The summed E-state index contributed by atoms with van der Waals surface area (Å²) in [5.41, 5.74) is 5.31. The van der Waals surface area contributed by atoms with Crippen LogP contribution >= 0.6 is 7.82 Å². The van der Waals surface area contributed by atoms with E-state index in [1.807, 2.05) is 18.2 Å². The van der Waals surface area contributed by atoms with Crippen molar-refractivity contribution in [3.8, 4) is 0 Å². The van der Waals surface area contributed by atoms with Crippen molar-refractivity contribution in [2.45, 2.75) is 141 Å². The number of aliphatic hydroxyl groups is 3. The van der Waals surface area contributed by atoms with Gasteiger partial charge in [-0.2, -0.15) is 0 Å². The number of rotatable bonds is 38. The van der Waals surface area contributed by atoms with Crippen LogP contribution in [0.15, 0.2) is 122 Å². The van der Waals surface area contributed by atoms with Crippen molar-refractivity contribution in [3.05, 3.63) is 122 Å². The fraction of sp³-hybridized carbons (Fsp3) is 0.521. The first-order chi connectivity index (χ1) is 30.3. The summed E-state index contributed by atoms with van der Waals surface area (Å²) in [5.74, 6) is -2.88. The second-order valence-corrected chi connectivity index (χ2v) is 15.8. The van der Waals surface area contributed by atoms with E-state index in [1.165, 1.54) is 6.08 Å². The van der Waals surface area contributed by atoms with Crippen molar-refractivity contribution >= 4 is 25.7 Å². The predicted octanol–water partition coefficient (Wildman–Crippen LogP) is 8.52. The zero-order valence-electron chi connectivity index (χ0n) is 37.2. The van der Waals surface area contributed by atoms with Crippen LogP contribution < -0.4 is 5.73 Å². The van der Waals surface area contributed by atoms with Gasteiger partial charge in [-0.3, -0.25) is 23.4 Å². The van der Waals surface area contributed by atoms with Gasteiger partial charge >= 0.3 is 25.7 Å². The standard InChI is InChI=1S/C48H74NO13P/c1-3-5-7-8-9-10-11-12-13-14-15-16-17-18-19-20-21-26-30-36-46(53)59-38-42(39-60-63(57,58)61-40-43(49)48(55)56)62-47(54)37-31-35-45(52)44(51)34-29-25-23-22-24-28-33-41(50)32-27-6-4-2/h5,7,9-10,12-13,15-16,18-19,21-26,28-29,33-34,41-45,50-52H,3-4,6,8,11,14,17,20,27,30-32,35-40,49H2,1-2H3,(H,55,56)(H,57,58)/b7-5-,10-9-,13-12-,16-15-,19-18-,24-22-,25-23+,26-21-,33-28+,34-29+/t41-,42+,43-,44-,45-/m0/s1. The van der Waals surface area contributed by atoms with Crippen LogP contribution in [0.4, 0.5) is 0 Å². The number of hydrogen-bond donors (Lipinski definition) is 6. The number of nitrogens with two attached hydrogens (primary N) is 1. The summed E-state index contributed by atoms with van der Waals surface area (Å²) in [4.78, 5) is 46.0. The Hall–Kier alpha value is -4.24. The number of carboxylic acids is 1. The molecule has 1 unspecified atom stereocenters. The molecule has 0 aliphatic rings. The molecule has 0 spiro atoms. The Morgan fingerprint density at radius 3 is 1.70 bits per heavy atom. The molecule has 0 aliphatic heterocycles. The summed E-state index contributed by atoms with van der Waals surface area (Å²) >= 11 is 0. The lowest BCUT2D eigenvalue weighted by atomic mass is 10.1. The fourth-order valence-corrected chi connectivity index (χ4v) is 5.78. The van der Waals surface area contributed by atoms with Gasteiger partial charge in [-0.1, -0.05) is 155 Å². The summed E-state index contributed by atoms with van der Waals surface area (Å²) in [6, 6.07) is -1.60. The van der Waals surface area contributed by atoms with Crippen molar-refractivity contribution < 1.29 is 62.8 Å². The number of phosphoric ester groups is 1. The molecule has 354 valence electrons. The van der Waals surface area contributed by atoms with Gasteiger partial charge in [-0.25, -0.2) is 4.57 Å². The van der Waals surface area contributed by atoms with Gasteiger partial charge in [-0.05, 0) is 64.2 Å². The Kier molecular flexibility index (Phi) is 37.8. The summed E-state index contributed by atoms with van der Waals surface area (Å²) < 4.78 is 32.4. The van der Waals surface area contributed by atoms with Gasteiger partial charge in [0.15, 0.2) is 6.10 Å². The highest BCUT2D eigenvalue weighted by molar-refractivity contribution is 7.47. The van der Waals surface area contributed by atoms with Gasteiger partial charge < -0.3 is 40.5 Å². The molecule has 6 atom stereocenters. The monoisotopic (exact) mass is 903 g/mol. The van der Waals surface area contributed by atoms with Crippen LogP contribution in [-0.2, 0) is 37.5 Å². The van der Waals surface area contributed by atoms with E-state index in [1.54, 1.807) is 42.5 Å². The van der Waals surface area contributed by atoms with Crippen LogP contribution in [0, 0.1) is 0 Å². The van der Waals surface area contributed by atoms with Crippen LogP contribution in [0.1, 0.15) is 110 Å². The van der Waals surface area contributed by atoms with Crippen molar-refractivity contribution in [2.75, 3.05) is 19.8 Å². The molecule has 0 aliphatic carbocycles. The number of carbonyl (C=O) groups excluding carboxylic acids is 2. The molecular weight excluding hydrogens is 829 g/mol. The van der Waals surface area contributed by atoms with Crippen LogP contribution in [0.3, 0.4) is 0 Å². The summed E-state index contributed by atoms with van der Waals surface area (Å²) in [6.45, 7) is 2.13. The maximum atomic E-state index is 12.7. The third-order valence-electron chi connectivity index (χ3n) is 8.57. The van der Waals surface area contributed by atoms with Gasteiger partial charge in [0.25, 0.3) is 0 Å². The lowest BCUT2D eigenvalue weighted by molar-refractivity contribution is -0.161. The lowest BCUT2D eigenvalue weighted by Crippen LogP contribution is -2.34. The molecule has 0 amide bonds. The van der Waals surface area contributed by atoms with Crippen molar-refractivity contribution in [2.24, 2.45) is 5.73 Å². The van der Waals surface area contributed by atoms with Crippen LogP contribution in [0.25, 0.3) is 0 Å². The average molecular weight is 904 g/mol. The first-order valence-corrected chi connectivity index (χ1v) is 23.4. The second kappa shape index (κ2) is 40.5. The van der Waals surface area contributed by atoms with Gasteiger partial charge in [0.2, 0.25) is 0 Å². The summed E-state index contributed by atoms with van der Waals surface area (Å²) in [6.07, 6.45) is 43.6. The first kappa shape index (κ1) is 58.8. The number of hydrogen-bond acceptors (Lipinski definition) is 12. The van der Waals surface area contributed by atoms with E-state index in [9.17, 15) is 39.2 Å². The van der Waals surface area contributed by atoms with E-state index in [2.05, 4.69) is 73.1 Å². The van der Waals surface area contributed by atoms with Crippen molar-refractivity contribution in [1.29, 1.82) is 0 Å². The highest BCUT2D eigenvalue weighted by atomic mass is 31.2. The molecule has 0 aromatic rings. The molecule has 63 heavy (non-hydrogen) atoms. The third-order valence-corrected chi connectivity index (χ3v) is 9.52. The molecule has 7 N–H and O–H groups in total. The molecule has 0 aromatic heterocycles. The molecule has 0 radical (unpaired) electrons. The van der Waals surface area contributed by atoms with Crippen LogP contribution in [-0.4, -0.2) is 93.5 Å². The minimum Gasteiger partial charge on any atom is -0.480 e. The molecular formula is C48H74NO13P. The van der Waals surface area contributed by atoms with Gasteiger partial charge in [0.05, 0.1) is 31.5 Å². The zero-order valence-corrected chi connectivity index (χ0v) is 38.1. The number of aliphatic hydroxyl groups excluding tert-OH is 3. The molecule has 0 rings (SSSR count). The number of ether oxygens (including phenoxy) is 2. The Balaban J connectivity index is 4.83. The minimum atomic E-state index is -4.84. The summed E-state index contributed by atoms with van der Waals surface area (Å²) in [5, 5.41) is 39.4. The lowest BCUT2D eigenvalue weighted by Gasteiger charge is -2.20. The normalized spacial score (nSPS) is 16.3. The summed E-state index contributed by atoms with van der Waals surface area (Å²) in [7, 11) is -4.84. The van der Waals surface area contributed by atoms with Gasteiger partial charge in [0.1, 0.15) is 12.6 Å². The van der Waals surface area contributed by atoms with Crippen molar-refractivity contribution in [1.82, 2.24) is 0 Å². The van der Waals surface area contributed by atoms with E-state index in [4.69, 9.17) is 24.8 Å².